The third-order valence-electron chi connectivity index (χ3n) is 6.92. The van der Waals surface area contributed by atoms with E-state index < -0.39 is 0 Å². The van der Waals surface area contributed by atoms with Crippen molar-refractivity contribution in [3.8, 4) is 45.0 Å². The lowest BCUT2D eigenvalue weighted by molar-refractivity contribution is 0.660. The minimum atomic E-state index is -0.0255. The van der Waals surface area contributed by atoms with Gasteiger partial charge in [-0.15, -0.1) is 0 Å². The van der Waals surface area contributed by atoms with Gasteiger partial charge in [0.05, 0.1) is 22.2 Å². The van der Waals surface area contributed by atoms with E-state index >= 15 is 0 Å². The number of benzene rings is 5. The highest BCUT2D eigenvalue weighted by Crippen LogP contribution is 2.35. The van der Waals surface area contributed by atoms with Crippen LogP contribution < -0.4 is 5.43 Å². The van der Waals surface area contributed by atoms with Gasteiger partial charge in [-0.05, 0) is 41.5 Å². The third-order valence-corrected chi connectivity index (χ3v) is 6.92. The second-order valence-electron chi connectivity index (χ2n) is 9.38. The predicted octanol–water partition coefficient (Wildman–Crippen LogP) is 8.40. The maximum absolute atomic E-state index is 13.1. The molecule has 4 heteroatoms. The molecule has 0 fully saturated rings. The summed E-state index contributed by atoms with van der Waals surface area (Å²) in [6, 6.07) is 43.5. The average molecular weight is 503 g/mol. The lowest BCUT2D eigenvalue weighted by Gasteiger charge is -2.13. The van der Waals surface area contributed by atoms with Gasteiger partial charge in [0.15, 0.2) is 5.82 Å². The zero-order valence-corrected chi connectivity index (χ0v) is 20.9. The van der Waals surface area contributed by atoms with E-state index in [2.05, 4.69) is 24.3 Å². The van der Waals surface area contributed by atoms with E-state index in [9.17, 15) is 4.79 Å². The van der Waals surface area contributed by atoms with Gasteiger partial charge < -0.3 is 4.42 Å². The lowest BCUT2D eigenvalue weighted by Crippen LogP contribution is -2.02. The maximum Gasteiger partial charge on any atom is 0.200 e. The van der Waals surface area contributed by atoms with Gasteiger partial charge in [0.2, 0.25) is 5.43 Å². The van der Waals surface area contributed by atoms with E-state index in [1.54, 1.807) is 6.07 Å². The molecule has 0 spiro atoms. The molecule has 0 aliphatic carbocycles. The van der Waals surface area contributed by atoms with E-state index in [-0.39, 0.29) is 5.43 Å². The van der Waals surface area contributed by atoms with Crippen LogP contribution in [0, 0.1) is 0 Å². The Morgan fingerprint density at radius 1 is 0.462 bits per heavy atom. The Morgan fingerprint density at radius 3 is 1.87 bits per heavy atom. The molecule has 0 unspecified atom stereocenters. The Hall–Kier alpha value is -5.35. The van der Waals surface area contributed by atoms with E-state index in [4.69, 9.17) is 14.4 Å². The van der Waals surface area contributed by atoms with Crippen molar-refractivity contribution >= 4 is 21.9 Å². The normalized spacial score (nSPS) is 11.2. The number of hydrogen-bond acceptors (Lipinski definition) is 4. The lowest BCUT2D eigenvalue weighted by atomic mass is 9.95. The van der Waals surface area contributed by atoms with Crippen molar-refractivity contribution in [1.29, 1.82) is 0 Å². The second kappa shape index (κ2) is 9.51. The topological polar surface area (TPSA) is 56.0 Å². The minimum Gasteiger partial charge on any atom is -0.456 e. The first-order chi connectivity index (χ1) is 19.2. The van der Waals surface area contributed by atoms with Gasteiger partial charge in [0, 0.05) is 16.7 Å². The van der Waals surface area contributed by atoms with Crippen LogP contribution in [-0.2, 0) is 0 Å². The Bertz CT molecular complexity index is 1970. The van der Waals surface area contributed by atoms with Crippen LogP contribution in [0.15, 0.2) is 143 Å². The predicted molar refractivity (Wildman–Crippen MR) is 157 cm³/mol. The maximum atomic E-state index is 13.1. The highest BCUT2D eigenvalue weighted by atomic mass is 16.3. The first-order valence-electron chi connectivity index (χ1n) is 12.8. The number of fused-ring (bicyclic) bond motifs is 2. The molecule has 2 aromatic heterocycles. The van der Waals surface area contributed by atoms with Crippen molar-refractivity contribution in [3.63, 3.8) is 0 Å². The Kier molecular flexibility index (Phi) is 5.56. The molecule has 0 saturated carbocycles. The largest absolute Gasteiger partial charge is 0.456 e. The van der Waals surface area contributed by atoms with Crippen LogP contribution in [0.3, 0.4) is 0 Å². The molecular weight excluding hydrogens is 480 g/mol. The van der Waals surface area contributed by atoms with Crippen molar-refractivity contribution < 1.29 is 4.42 Å². The highest BCUT2D eigenvalue weighted by Gasteiger charge is 2.15. The molecule has 184 valence electrons. The molecule has 39 heavy (non-hydrogen) atoms. The summed E-state index contributed by atoms with van der Waals surface area (Å²) in [5.41, 5.74) is 7.66. The molecule has 0 N–H and O–H groups in total. The van der Waals surface area contributed by atoms with Gasteiger partial charge in [0.1, 0.15) is 11.2 Å². The minimum absolute atomic E-state index is 0.0255. The fraction of sp³-hybridized carbons (Fsp3) is 0. The van der Waals surface area contributed by atoms with Gasteiger partial charge in [-0.3, -0.25) is 4.79 Å². The molecule has 0 radical (unpaired) electrons. The molecule has 7 rings (SSSR count). The SMILES string of the molecule is O=c1c2ccccc2oc2cc(-c3ccccc3-c3cc(-c4ccccc4)nc(-c4ccccc4)n3)ccc12. The molecule has 5 aromatic carbocycles. The molecule has 0 saturated heterocycles. The number of para-hydroxylation sites is 1. The molecular formula is C35H22N2O2. The summed E-state index contributed by atoms with van der Waals surface area (Å²) in [6.45, 7) is 0. The highest BCUT2D eigenvalue weighted by molar-refractivity contribution is 5.93. The first-order valence-corrected chi connectivity index (χ1v) is 12.8. The summed E-state index contributed by atoms with van der Waals surface area (Å²) >= 11 is 0. The summed E-state index contributed by atoms with van der Waals surface area (Å²) < 4.78 is 6.16. The molecule has 0 atom stereocenters. The van der Waals surface area contributed by atoms with Crippen LogP contribution in [0.25, 0.3) is 67.0 Å². The van der Waals surface area contributed by atoms with E-state index in [1.165, 1.54) is 0 Å². The van der Waals surface area contributed by atoms with Gasteiger partial charge in [-0.1, -0.05) is 103 Å². The molecule has 2 heterocycles. The van der Waals surface area contributed by atoms with Crippen molar-refractivity contribution in [2.75, 3.05) is 0 Å². The molecule has 0 aliphatic heterocycles. The van der Waals surface area contributed by atoms with Crippen molar-refractivity contribution in [3.05, 3.63) is 144 Å². The van der Waals surface area contributed by atoms with Crippen molar-refractivity contribution in [1.82, 2.24) is 9.97 Å². The third kappa shape index (κ3) is 4.18. The van der Waals surface area contributed by atoms with Crippen LogP contribution in [0.2, 0.25) is 0 Å². The quantitative estimate of drug-likeness (QED) is 0.227. The summed E-state index contributed by atoms with van der Waals surface area (Å²) in [6.07, 6.45) is 0. The van der Waals surface area contributed by atoms with Crippen LogP contribution in [0.4, 0.5) is 0 Å². The number of aromatic nitrogens is 2. The van der Waals surface area contributed by atoms with Gasteiger partial charge >= 0.3 is 0 Å². The zero-order valence-electron chi connectivity index (χ0n) is 20.9. The second-order valence-corrected chi connectivity index (χ2v) is 9.38. The van der Waals surface area contributed by atoms with Gasteiger partial charge in [-0.2, -0.15) is 0 Å². The Morgan fingerprint density at radius 2 is 1.08 bits per heavy atom. The van der Waals surface area contributed by atoms with E-state index in [0.29, 0.717) is 27.8 Å². The molecule has 0 aliphatic rings. The molecule has 4 nitrogen and oxygen atoms in total. The summed E-state index contributed by atoms with van der Waals surface area (Å²) in [5.74, 6) is 0.665. The zero-order chi connectivity index (χ0) is 26.2. The number of rotatable bonds is 4. The van der Waals surface area contributed by atoms with Crippen LogP contribution in [0.5, 0.6) is 0 Å². The molecule has 0 bridgehead atoms. The van der Waals surface area contributed by atoms with Crippen LogP contribution in [-0.4, -0.2) is 9.97 Å². The fourth-order valence-electron chi connectivity index (χ4n) is 4.99. The van der Waals surface area contributed by atoms with Gasteiger partial charge in [-0.25, -0.2) is 9.97 Å². The van der Waals surface area contributed by atoms with Crippen LogP contribution in [0.1, 0.15) is 0 Å². The monoisotopic (exact) mass is 502 g/mol. The van der Waals surface area contributed by atoms with Gasteiger partial charge in [0.25, 0.3) is 0 Å². The average Bonchev–Trinajstić information content (AvgIpc) is 3.01. The smallest absolute Gasteiger partial charge is 0.200 e. The number of hydrogen-bond donors (Lipinski definition) is 0. The van der Waals surface area contributed by atoms with E-state index in [0.717, 1.165) is 39.2 Å². The van der Waals surface area contributed by atoms with E-state index in [1.807, 2.05) is 103 Å². The van der Waals surface area contributed by atoms with Crippen LogP contribution >= 0.6 is 0 Å². The Balaban J connectivity index is 1.43. The first kappa shape index (κ1) is 22.8. The summed E-state index contributed by atoms with van der Waals surface area (Å²) in [4.78, 5) is 23.0. The van der Waals surface area contributed by atoms with Crippen molar-refractivity contribution in [2.45, 2.75) is 0 Å². The number of nitrogens with zero attached hydrogens (tertiary/aromatic N) is 2. The standard InChI is InChI=1S/C35H22N2O2/c38-34-28-17-9-10-18-32(28)39-33-21-25(19-20-29(33)34)26-15-7-8-16-27(26)31-22-30(23-11-3-1-4-12-23)36-35(37-31)24-13-5-2-6-14-24/h1-22H. The summed E-state index contributed by atoms with van der Waals surface area (Å²) in [7, 11) is 0. The fourth-order valence-corrected chi connectivity index (χ4v) is 4.99. The molecule has 0 amide bonds. The molecule has 7 aromatic rings. The summed E-state index contributed by atoms with van der Waals surface area (Å²) in [5, 5.41) is 1.15. The van der Waals surface area contributed by atoms with Crippen molar-refractivity contribution in [2.24, 2.45) is 0 Å². The Labute approximate surface area is 224 Å².